The molecule has 0 aliphatic heterocycles. The number of imidazole rings is 1. The van der Waals surface area contributed by atoms with Crippen LogP contribution in [0.4, 0.5) is 16.6 Å². The van der Waals surface area contributed by atoms with Crippen molar-refractivity contribution in [1.82, 2.24) is 29.6 Å². The van der Waals surface area contributed by atoms with Gasteiger partial charge in [0, 0.05) is 12.4 Å². The van der Waals surface area contributed by atoms with Crippen molar-refractivity contribution in [1.29, 1.82) is 0 Å². The van der Waals surface area contributed by atoms with Crippen LogP contribution in [-0.4, -0.2) is 53.6 Å². The summed E-state index contributed by atoms with van der Waals surface area (Å²) in [6, 6.07) is 2.97. The zero-order chi connectivity index (χ0) is 21.0. The average Bonchev–Trinajstić information content (AvgIpc) is 3.13. The number of halogens is 1. The zero-order valence-electron chi connectivity index (χ0n) is 15.0. The molecule has 0 saturated heterocycles. The number of sulfonamides is 1. The largest absolute Gasteiger partial charge is 0.481 e. The number of rotatable bonds is 6. The summed E-state index contributed by atoms with van der Waals surface area (Å²) in [7, 11) is -1.52. The topological polar surface area (TPSA) is 152 Å². The molecule has 0 aromatic carbocycles. The van der Waals surface area contributed by atoms with Crippen molar-refractivity contribution in [3.05, 3.63) is 42.1 Å². The van der Waals surface area contributed by atoms with Crippen molar-refractivity contribution in [3.63, 3.8) is 0 Å². The molecule has 3 aromatic heterocycles. The van der Waals surface area contributed by atoms with Crippen LogP contribution in [0, 0.1) is 0 Å². The Bertz CT molecular complexity index is 1100. The van der Waals surface area contributed by atoms with E-state index in [0.29, 0.717) is 0 Å². The highest BCUT2D eigenvalue weighted by atomic mass is 35.5. The molecular weight excluding hydrogens is 426 g/mol. The van der Waals surface area contributed by atoms with Gasteiger partial charge in [-0.05, 0) is 23.7 Å². The van der Waals surface area contributed by atoms with Gasteiger partial charge in [0.15, 0.2) is 0 Å². The highest BCUT2D eigenvalue weighted by Gasteiger charge is 2.28. The summed E-state index contributed by atoms with van der Waals surface area (Å²) >= 11 is 5.80. The number of urea groups is 1. The Morgan fingerprint density at radius 1 is 1.21 bits per heavy atom. The van der Waals surface area contributed by atoms with Crippen LogP contribution in [-0.2, 0) is 10.0 Å². The maximum absolute atomic E-state index is 12.9. The molecule has 152 valence electrons. The Hall–Kier alpha value is -3.45. The maximum atomic E-state index is 12.9. The highest BCUT2D eigenvalue weighted by Crippen LogP contribution is 2.26. The molecule has 2 amide bonds. The minimum atomic E-state index is -4.23. The lowest BCUT2D eigenvalue weighted by molar-refractivity contribution is 0.252. The van der Waals surface area contributed by atoms with Crippen molar-refractivity contribution >= 4 is 39.4 Å². The average molecular weight is 440 g/mol. The number of nitrogens with one attached hydrogen (secondary N) is 2. The molecule has 0 unspecified atom stereocenters. The van der Waals surface area contributed by atoms with Crippen LogP contribution in [0.1, 0.15) is 0 Å². The van der Waals surface area contributed by atoms with Crippen LogP contribution in [0.5, 0.6) is 11.8 Å². The van der Waals surface area contributed by atoms with Crippen molar-refractivity contribution in [2.45, 2.75) is 4.90 Å². The van der Waals surface area contributed by atoms with E-state index in [4.69, 9.17) is 21.1 Å². The molecule has 3 heterocycles. The number of pyridine rings is 1. The van der Waals surface area contributed by atoms with E-state index >= 15 is 0 Å². The molecule has 3 aromatic rings. The van der Waals surface area contributed by atoms with Crippen molar-refractivity contribution in [2.24, 2.45) is 0 Å². The number of carbonyl (C=O) groups excluding carboxylic acids is 1. The van der Waals surface area contributed by atoms with E-state index in [0.717, 1.165) is 11.1 Å². The van der Waals surface area contributed by atoms with Crippen molar-refractivity contribution in [3.8, 4) is 11.8 Å². The van der Waals surface area contributed by atoms with Crippen LogP contribution >= 0.6 is 11.6 Å². The molecule has 0 fully saturated rings. The summed E-state index contributed by atoms with van der Waals surface area (Å²) in [5, 5.41) is -0.0391. The lowest BCUT2D eigenvalue weighted by atomic mass is 10.5. The van der Waals surface area contributed by atoms with E-state index in [9.17, 15) is 13.2 Å². The Morgan fingerprint density at radius 3 is 2.41 bits per heavy atom. The summed E-state index contributed by atoms with van der Waals surface area (Å²) in [6.07, 6.45) is 3.70. The van der Waals surface area contributed by atoms with Crippen LogP contribution in [0.3, 0.4) is 0 Å². The quantitative estimate of drug-likeness (QED) is 0.581. The number of anilines is 2. The van der Waals surface area contributed by atoms with Gasteiger partial charge in [-0.25, -0.2) is 27.8 Å². The maximum Gasteiger partial charge on any atom is 0.344 e. The number of hydrogen-bond acceptors (Lipinski definition) is 9. The van der Waals surface area contributed by atoms with Crippen molar-refractivity contribution < 1.29 is 22.7 Å². The normalized spacial score (nSPS) is 11.0. The molecule has 0 spiro atoms. The van der Waals surface area contributed by atoms with Gasteiger partial charge in [-0.2, -0.15) is 9.97 Å². The van der Waals surface area contributed by atoms with E-state index < -0.39 is 16.1 Å². The van der Waals surface area contributed by atoms with Gasteiger partial charge < -0.3 is 14.5 Å². The molecule has 0 atom stereocenters. The predicted octanol–water partition coefficient (Wildman–Crippen LogP) is 1.50. The van der Waals surface area contributed by atoms with Gasteiger partial charge in [-0.3, -0.25) is 4.98 Å². The lowest BCUT2D eigenvalue weighted by Gasteiger charge is -2.20. The zero-order valence-corrected chi connectivity index (χ0v) is 16.6. The third-order valence-corrected chi connectivity index (χ3v) is 4.92. The SMILES string of the molecule is COc1cc(OC)nc(N(C(=O)NS(=O)(=O)c2cccnc2)c2cnc(Cl)[nH]2)n1. The van der Waals surface area contributed by atoms with E-state index in [1.165, 1.54) is 44.8 Å². The van der Waals surface area contributed by atoms with Crippen LogP contribution in [0.25, 0.3) is 0 Å². The number of hydrogen-bond donors (Lipinski definition) is 2. The highest BCUT2D eigenvalue weighted by molar-refractivity contribution is 7.90. The molecule has 0 bridgehead atoms. The van der Waals surface area contributed by atoms with Gasteiger partial charge in [0.25, 0.3) is 10.0 Å². The second-order valence-electron chi connectivity index (χ2n) is 5.25. The number of ether oxygens (including phenoxy) is 2. The molecule has 0 saturated carbocycles. The molecule has 0 aliphatic carbocycles. The summed E-state index contributed by atoms with van der Waals surface area (Å²) in [4.78, 5) is 31.8. The monoisotopic (exact) mass is 439 g/mol. The molecule has 0 radical (unpaired) electrons. The summed E-state index contributed by atoms with van der Waals surface area (Å²) < 4.78 is 37.1. The Kier molecular flexibility index (Phi) is 5.79. The first-order chi connectivity index (χ1) is 13.8. The minimum Gasteiger partial charge on any atom is -0.481 e. The lowest BCUT2D eigenvalue weighted by Crippen LogP contribution is -2.41. The number of amides is 2. The number of nitrogens with zero attached hydrogens (tertiary/aromatic N) is 5. The molecule has 29 heavy (non-hydrogen) atoms. The van der Waals surface area contributed by atoms with Gasteiger partial charge in [0.05, 0.1) is 26.5 Å². The van der Waals surface area contributed by atoms with Crippen LogP contribution in [0.15, 0.2) is 41.7 Å². The predicted molar refractivity (Wildman–Crippen MR) is 101 cm³/mol. The fraction of sp³-hybridized carbons (Fsp3) is 0.133. The Balaban J connectivity index is 2.04. The molecule has 0 aliphatic rings. The van der Waals surface area contributed by atoms with E-state index in [1.54, 1.807) is 0 Å². The van der Waals surface area contributed by atoms with E-state index in [1.807, 2.05) is 4.72 Å². The number of methoxy groups -OCH3 is 2. The number of H-pyrrole nitrogens is 1. The van der Waals surface area contributed by atoms with Gasteiger partial charge in [0.2, 0.25) is 23.0 Å². The van der Waals surface area contributed by atoms with E-state index in [2.05, 4.69) is 24.9 Å². The van der Waals surface area contributed by atoms with Gasteiger partial charge in [-0.1, -0.05) is 0 Å². The second kappa shape index (κ2) is 8.28. The summed E-state index contributed by atoms with van der Waals surface area (Å²) in [6.45, 7) is 0. The van der Waals surface area contributed by atoms with Gasteiger partial charge >= 0.3 is 6.03 Å². The smallest absolute Gasteiger partial charge is 0.344 e. The fourth-order valence-electron chi connectivity index (χ4n) is 2.14. The molecular formula is C15H14ClN7O5S. The Morgan fingerprint density at radius 2 is 1.90 bits per heavy atom. The molecule has 12 nitrogen and oxygen atoms in total. The third kappa shape index (κ3) is 4.52. The molecule has 14 heteroatoms. The van der Waals surface area contributed by atoms with Gasteiger partial charge in [-0.15, -0.1) is 0 Å². The minimum absolute atomic E-state index is 0.00388. The molecule has 3 rings (SSSR count). The molecule has 2 N–H and O–H groups in total. The third-order valence-electron chi connectivity index (χ3n) is 3.43. The first kappa shape index (κ1) is 20.3. The first-order valence-corrected chi connectivity index (χ1v) is 9.64. The second-order valence-corrected chi connectivity index (χ2v) is 7.29. The van der Waals surface area contributed by atoms with Gasteiger partial charge in [0.1, 0.15) is 10.7 Å². The van der Waals surface area contributed by atoms with Crippen molar-refractivity contribution in [2.75, 3.05) is 19.1 Å². The fourth-order valence-corrected chi connectivity index (χ4v) is 3.18. The van der Waals surface area contributed by atoms with Crippen LogP contribution in [0.2, 0.25) is 5.28 Å². The van der Waals surface area contributed by atoms with E-state index in [-0.39, 0.29) is 33.7 Å². The number of aromatic amines is 1. The summed E-state index contributed by atoms with van der Waals surface area (Å²) in [5.74, 6) is -0.0969. The standard InChI is InChI=1S/C15H14ClN7O5S/c1-27-11-6-12(28-2)21-14(20-11)23(10-8-18-13(16)19-10)15(24)22-29(25,26)9-4-3-5-17-7-9/h3-8H,1-2H3,(H,18,19)(H,22,24). The Labute approximate surface area is 169 Å². The number of aromatic nitrogens is 5. The number of carbonyl (C=O) groups is 1. The van der Waals surface area contributed by atoms with Crippen LogP contribution < -0.4 is 19.1 Å². The summed E-state index contributed by atoms with van der Waals surface area (Å²) in [5.41, 5.74) is 0. The first-order valence-electron chi connectivity index (χ1n) is 7.78.